The lowest BCUT2D eigenvalue weighted by atomic mass is 10.0. The Hall–Kier alpha value is -2.13. The van der Waals surface area contributed by atoms with Crippen molar-refractivity contribution in [3.8, 4) is 0 Å². The van der Waals surface area contributed by atoms with E-state index >= 15 is 0 Å². The summed E-state index contributed by atoms with van der Waals surface area (Å²) < 4.78 is 2.37. The van der Waals surface area contributed by atoms with Crippen LogP contribution in [0.15, 0.2) is 41.2 Å². The fourth-order valence-electron chi connectivity index (χ4n) is 4.50. The van der Waals surface area contributed by atoms with Gasteiger partial charge in [-0.2, -0.15) is 0 Å². The van der Waals surface area contributed by atoms with Crippen molar-refractivity contribution in [2.45, 2.75) is 46.1 Å². The predicted molar refractivity (Wildman–Crippen MR) is 110 cm³/mol. The van der Waals surface area contributed by atoms with E-state index in [1.165, 1.54) is 37.9 Å². The average molecular weight is 348 g/mol. The topological polar surface area (TPSA) is 25.2 Å². The van der Waals surface area contributed by atoms with Gasteiger partial charge in [0.1, 0.15) is 0 Å². The van der Waals surface area contributed by atoms with Crippen LogP contribution in [0, 0.1) is 13.8 Å². The van der Waals surface area contributed by atoms with Gasteiger partial charge < -0.3 is 9.47 Å². The molecule has 0 saturated carbocycles. The van der Waals surface area contributed by atoms with Gasteiger partial charge in [0.2, 0.25) is 0 Å². The number of likely N-dealkylation sites (tertiary alicyclic amines) is 1. The minimum Gasteiger partial charge on any atom is -0.340 e. The molecule has 4 rings (SSSR count). The van der Waals surface area contributed by atoms with Crippen molar-refractivity contribution in [2.24, 2.45) is 0 Å². The Balaban J connectivity index is 1.77. The summed E-state index contributed by atoms with van der Waals surface area (Å²) in [6.45, 7) is 8.75. The maximum atomic E-state index is 13.1. The molecule has 0 N–H and O–H groups in total. The molecule has 3 aromatic rings. The van der Waals surface area contributed by atoms with E-state index in [0.717, 1.165) is 46.9 Å². The molecular formula is C23H28N2O. The molecule has 1 aliphatic heterocycles. The van der Waals surface area contributed by atoms with Gasteiger partial charge in [-0.1, -0.05) is 24.6 Å². The predicted octanol–water partition coefficient (Wildman–Crippen LogP) is 4.65. The number of piperidine rings is 1. The summed E-state index contributed by atoms with van der Waals surface area (Å²) >= 11 is 0. The van der Waals surface area contributed by atoms with Gasteiger partial charge in [-0.15, -0.1) is 0 Å². The van der Waals surface area contributed by atoms with Crippen molar-refractivity contribution >= 4 is 21.8 Å². The molecule has 0 amide bonds. The molecule has 0 radical (unpaired) electrons. The van der Waals surface area contributed by atoms with Crippen molar-refractivity contribution in [2.75, 3.05) is 19.6 Å². The van der Waals surface area contributed by atoms with Gasteiger partial charge in [0.05, 0.1) is 11.0 Å². The minimum atomic E-state index is 0.167. The van der Waals surface area contributed by atoms with Gasteiger partial charge in [0, 0.05) is 17.3 Å². The van der Waals surface area contributed by atoms with E-state index in [4.69, 9.17) is 0 Å². The zero-order chi connectivity index (χ0) is 18.1. The quantitative estimate of drug-likeness (QED) is 0.641. The first-order valence-corrected chi connectivity index (χ1v) is 9.90. The molecule has 1 aromatic heterocycles. The first-order chi connectivity index (χ1) is 12.6. The van der Waals surface area contributed by atoms with Gasteiger partial charge >= 0.3 is 0 Å². The molecule has 26 heavy (non-hydrogen) atoms. The number of hydrogen-bond donors (Lipinski definition) is 0. The van der Waals surface area contributed by atoms with Crippen LogP contribution in [0.4, 0.5) is 0 Å². The van der Waals surface area contributed by atoms with Crippen LogP contribution in [0.2, 0.25) is 0 Å². The molecule has 0 atom stereocenters. The second-order valence-corrected chi connectivity index (χ2v) is 7.73. The summed E-state index contributed by atoms with van der Waals surface area (Å²) in [6, 6.07) is 12.4. The van der Waals surface area contributed by atoms with Crippen LogP contribution in [0.5, 0.6) is 0 Å². The molecule has 3 heteroatoms. The lowest BCUT2D eigenvalue weighted by Crippen LogP contribution is -2.31. The highest BCUT2D eigenvalue weighted by molar-refractivity contribution is 5.95. The molecule has 0 aliphatic carbocycles. The molecule has 1 saturated heterocycles. The second kappa shape index (κ2) is 7.24. The Morgan fingerprint density at radius 3 is 2.50 bits per heavy atom. The van der Waals surface area contributed by atoms with E-state index in [2.05, 4.69) is 41.5 Å². The summed E-state index contributed by atoms with van der Waals surface area (Å²) in [5.41, 5.74) is 4.62. The third-order valence-corrected chi connectivity index (χ3v) is 5.72. The maximum Gasteiger partial charge on any atom is 0.197 e. The van der Waals surface area contributed by atoms with Crippen molar-refractivity contribution < 1.29 is 0 Å². The first kappa shape index (κ1) is 17.3. The van der Waals surface area contributed by atoms with Gasteiger partial charge in [0.25, 0.3) is 0 Å². The van der Waals surface area contributed by atoms with Gasteiger partial charge in [-0.25, -0.2) is 0 Å². The Kier molecular flexibility index (Phi) is 4.82. The van der Waals surface area contributed by atoms with Gasteiger partial charge in [-0.3, -0.25) is 4.79 Å². The molecule has 1 fully saturated rings. The molecule has 136 valence electrons. The van der Waals surface area contributed by atoms with Gasteiger partial charge in [-0.05, 0) is 82.1 Å². The smallest absolute Gasteiger partial charge is 0.197 e. The van der Waals surface area contributed by atoms with Crippen LogP contribution in [0.1, 0.15) is 36.8 Å². The Bertz CT molecular complexity index is 996. The van der Waals surface area contributed by atoms with Crippen molar-refractivity contribution in [3.05, 3.63) is 57.7 Å². The molecule has 0 spiro atoms. The second-order valence-electron chi connectivity index (χ2n) is 7.73. The molecule has 3 nitrogen and oxygen atoms in total. The summed E-state index contributed by atoms with van der Waals surface area (Å²) in [5.74, 6) is 0. The normalized spacial score (nSPS) is 15.8. The Morgan fingerprint density at radius 2 is 1.69 bits per heavy atom. The number of hydrogen-bond acceptors (Lipinski definition) is 2. The molecule has 0 unspecified atom stereocenters. The third-order valence-electron chi connectivity index (χ3n) is 5.72. The maximum absolute atomic E-state index is 13.1. The molecule has 0 bridgehead atoms. The number of aryl methyl sites for hydroxylation is 3. The zero-order valence-corrected chi connectivity index (χ0v) is 15.9. The highest BCUT2D eigenvalue weighted by Crippen LogP contribution is 2.23. The monoisotopic (exact) mass is 348 g/mol. The number of rotatable bonds is 4. The van der Waals surface area contributed by atoms with Crippen molar-refractivity contribution in [1.82, 2.24) is 9.47 Å². The van der Waals surface area contributed by atoms with Crippen molar-refractivity contribution in [1.29, 1.82) is 0 Å². The van der Waals surface area contributed by atoms with E-state index < -0.39 is 0 Å². The number of benzene rings is 2. The summed E-state index contributed by atoms with van der Waals surface area (Å²) in [6.07, 6.45) is 5.17. The summed E-state index contributed by atoms with van der Waals surface area (Å²) in [4.78, 5) is 15.7. The minimum absolute atomic E-state index is 0.167. The largest absolute Gasteiger partial charge is 0.340 e. The van der Waals surface area contributed by atoms with E-state index in [0.29, 0.717) is 0 Å². The fourth-order valence-corrected chi connectivity index (χ4v) is 4.50. The molecule has 1 aliphatic rings. The SMILES string of the molecule is Cc1cc(C)c2c(=O)c3ccccc3n(CCCN3CCCCC3)c2c1. The van der Waals surface area contributed by atoms with E-state index in [1.54, 1.807) is 0 Å². The molecular weight excluding hydrogens is 320 g/mol. The fraction of sp³-hybridized carbons (Fsp3) is 0.435. The third kappa shape index (κ3) is 3.16. The van der Waals surface area contributed by atoms with Crippen molar-refractivity contribution in [3.63, 3.8) is 0 Å². The van der Waals surface area contributed by atoms with Crippen LogP contribution < -0.4 is 5.43 Å². The van der Waals surface area contributed by atoms with E-state index in [9.17, 15) is 4.79 Å². The lowest BCUT2D eigenvalue weighted by molar-refractivity contribution is 0.223. The standard InChI is InChI=1S/C23H28N2O/c1-17-15-18(2)22-21(16-17)25(14-8-13-24-11-6-3-7-12-24)20-10-5-4-9-19(20)23(22)26/h4-5,9-10,15-16H,3,6-8,11-14H2,1-2H3. The van der Waals surface area contributed by atoms with Crippen LogP contribution in [-0.2, 0) is 6.54 Å². The van der Waals surface area contributed by atoms with Crippen LogP contribution in [0.25, 0.3) is 21.8 Å². The summed E-state index contributed by atoms with van der Waals surface area (Å²) in [5, 5.41) is 1.72. The number of para-hydroxylation sites is 1. The van der Waals surface area contributed by atoms with Crippen LogP contribution in [-0.4, -0.2) is 29.1 Å². The van der Waals surface area contributed by atoms with E-state index in [-0.39, 0.29) is 5.43 Å². The average Bonchev–Trinajstić information content (AvgIpc) is 2.65. The Morgan fingerprint density at radius 1 is 0.923 bits per heavy atom. The molecule has 2 heterocycles. The summed E-state index contributed by atoms with van der Waals surface area (Å²) in [7, 11) is 0. The zero-order valence-electron chi connectivity index (χ0n) is 15.9. The number of aromatic nitrogens is 1. The lowest BCUT2D eigenvalue weighted by Gasteiger charge is -2.26. The number of fused-ring (bicyclic) bond motifs is 2. The first-order valence-electron chi connectivity index (χ1n) is 9.90. The van der Waals surface area contributed by atoms with Crippen LogP contribution >= 0.6 is 0 Å². The highest BCUT2D eigenvalue weighted by atomic mass is 16.1. The highest BCUT2D eigenvalue weighted by Gasteiger charge is 2.14. The van der Waals surface area contributed by atoms with E-state index in [1.807, 2.05) is 18.2 Å². The Labute approximate surface area is 155 Å². The molecule has 2 aromatic carbocycles. The number of nitrogens with zero attached hydrogens (tertiary/aromatic N) is 2. The number of pyridine rings is 1. The van der Waals surface area contributed by atoms with Gasteiger partial charge in [0.15, 0.2) is 5.43 Å². The van der Waals surface area contributed by atoms with Crippen LogP contribution in [0.3, 0.4) is 0 Å².